The number of unbranched alkanes of at least 4 members (excludes halogenated alkanes) is 45. The predicted octanol–water partition coefficient (Wildman–Crippen LogP) is 19.2. The molecule has 0 radical (unpaired) electrons. The van der Waals surface area contributed by atoms with Gasteiger partial charge >= 0.3 is 0 Å². The first-order valence-corrected chi connectivity index (χ1v) is 31.9. The van der Waals surface area contributed by atoms with E-state index in [1.54, 1.807) is 0 Å². The lowest BCUT2D eigenvalue weighted by atomic mass is 9.74. The van der Waals surface area contributed by atoms with Crippen LogP contribution in [0.1, 0.15) is 348 Å². The summed E-state index contributed by atoms with van der Waals surface area (Å²) < 4.78 is 0. The standard InChI is InChI=1S/C63H123N3O3/c1-4-7-10-13-16-19-22-25-28-31-34-37-40-43-46-49-52-64-61(67)58-55-59(62(68)65-53-50-47-44-41-38-35-32-29-26-23-20-17-14-11-8-5-2)57-60(56-58)63(69)66-54-51-48-45-42-39-36-33-30-27-24-21-18-15-12-9-6-3/h58-60H,4-57H2,1-3H3,(H,64,67)(H,65,68)(H,66,69). The first-order chi connectivity index (χ1) is 34.0. The molecule has 0 aromatic heterocycles. The predicted molar refractivity (Wildman–Crippen MR) is 302 cm³/mol. The Morgan fingerprint density at radius 3 is 0.507 bits per heavy atom. The molecule has 3 amide bonds. The van der Waals surface area contributed by atoms with Crippen LogP contribution in [0.25, 0.3) is 0 Å². The first-order valence-electron chi connectivity index (χ1n) is 31.9. The second kappa shape index (κ2) is 52.7. The maximum atomic E-state index is 13.6. The van der Waals surface area contributed by atoms with Gasteiger partial charge in [0.15, 0.2) is 0 Å². The minimum absolute atomic E-state index is 0.0434. The van der Waals surface area contributed by atoms with Gasteiger partial charge in [-0.3, -0.25) is 14.4 Å². The van der Waals surface area contributed by atoms with Crippen molar-refractivity contribution in [1.82, 2.24) is 16.0 Å². The van der Waals surface area contributed by atoms with Crippen molar-refractivity contribution >= 4 is 17.7 Å². The second-order valence-corrected chi connectivity index (χ2v) is 22.6. The third-order valence-corrected chi connectivity index (χ3v) is 15.8. The fraction of sp³-hybridized carbons (Fsp3) is 0.952. The van der Waals surface area contributed by atoms with Gasteiger partial charge in [0.1, 0.15) is 0 Å². The summed E-state index contributed by atoms with van der Waals surface area (Å²) in [6, 6.07) is 0. The van der Waals surface area contributed by atoms with Crippen molar-refractivity contribution in [2.75, 3.05) is 19.6 Å². The number of carbonyl (C=O) groups excluding carboxylic acids is 3. The highest BCUT2D eigenvalue weighted by molar-refractivity contribution is 5.86. The van der Waals surface area contributed by atoms with Crippen molar-refractivity contribution in [3.8, 4) is 0 Å². The summed E-state index contributed by atoms with van der Waals surface area (Å²) in [6.45, 7) is 8.95. The molecule has 6 heteroatoms. The highest BCUT2D eigenvalue weighted by Gasteiger charge is 2.38. The summed E-state index contributed by atoms with van der Waals surface area (Å²) >= 11 is 0. The van der Waals surface area contributed by atoms with E-state index in [1.807, 2.05) is 0 Å². The van der Waals surface area contributed by atoms with E-state index in [2.05, 4.69) is 36.7 Å². The van der Waals surface area contributed by atoms with Crippen molar-refractivity contribution < 1.29 is 14.4 Å². The molecular formula is C63H123N3O3. The molecule has 3 N–H and O–H groups in total. The van der Waals surface area contributed by atoms with E-state index < -0.39 is 0 Å². The molecule has 0 atom stereocenters. The van der Waals surface area contributed by atoms with E-state index >= 15 is 0 Å². The fourth-order valence-corrected chi connectivity index (χ4v) is 11.0. The monoisotopic (exact) mass is 970 g/mol. The molecule has 1 aliphatic rings. The quantitative estimate of drug-likeness (QED) is 0.0531. The van der Waals surface area contributed by atoms with E-state index in [-0.39, 0.29) is 35.5 Å². The lowest BCUT2D eigenvalue weighted by Gasteiger charge is -2.33. The number of amides is 3. The van der Waals surface area contributed by atoms with Gasteiger partial charge in [-0.15, -0.1) is 0 Å². The van der Waals surface area contributed by atoms with Gasteiger partial charge in [-0.05, 0) is 38.5 Å². The van der Waals surface area contributed by atoms with Gasteiger partial charge in [-0.2, -0.15) is 0 Å². The van der Waals surface area contributed by atoms with Crippen LogP contribution in [-0.4, -0.2) is 37.4 Å². The third-order valence-electron chi connectivity index (χ3n) is 15.8. The highest BCUT2D eigenvalue weighted by Crippen LogP contribution is 2.34. The van der Waals surface area contributed by atoms with Gasteiger partial charge in [-0.25, -0.2) is 0 Å². The van der Waals surface area contributed by atoms with Crippen molar-refractivity contribution in [2.45, 2.75) is 348 Å². The second-order valence-electron chi connectivity index (χ2n) is 22.6. The van der Waals surface area contributed by atoms with Gasteiger partial charge < -0.3 is 16.0 Å². The van der Waals surface area contributed by atoms with Gasteiger partial charge in [0.2, 0.25) is 17.7 Å². The lowest BCUT2D eigenvalue weighted by Crippen LogP contribution is -2.45. The third kappa shape index (κ3) is 43.7. The van der Waals surface area contributed by atoms with Crippen LogP contribution in [0.5, 0.6) is 0 Å². The Hall–Kier alpha value is -1.59. The number of rotatable bonds is 54. The summed E-state index contributed by atoms with van der Waals surface area (Å²) in [7, 11) is 0. The molecular weight excluding hydrogens is 847 g/mol. The van der Waals surface area contributed by atoms with Crippen LogP contribution < -0.4 is 16.0 Å². The van der Waals surface area contributed by atoms with Crippen LogP contribution in [-0.2, 0) is 14.4 Å². The minimum Gasteiger partial charge on any atom is -0.356 e. The summed E-state index contributed by atoms with van der Waals surface area (Å²) in [5.41, 5.74) is 0. The van der Waals surface area contributed by atoms with E-state index in [0.717, 1.165) is 38.5 Å². The Morgan fingerprint density at radius 1 is 0.232 bits per heavy atom. The summed E-state index contributed by atoms with van der Waals surface area (Å²) in [5, 5.41) is 9.68. The maximum absolute atomic E-state index is 13.6. The molecule has 1 aliphatic carbocycles. The topological polar surface area (TPSA) is 87.3 Å². The number of carbonyl (C=O) groups is 3. The summed E-state index contributed by atoms with van der Waals surface area (Å²) in [5.74, 6) is -0.710. The number of hydrogen-bond acceptors (Lipinski definition) is 3. The van der Waals surface area contributed by atoms with E-state index in [1.165, 1.54) is 270 Å². The van der Waals surface area contributed by atoms with Crippen molar-refractivity contribution in [2.24, 2.45) is 17.8 Å². The molecule has 0 aromatic rings. The van der Waals surface area contributed by atoms with Crippen LogP contribution in [0.3, 0.4) is 0 Å². The Bertz CT molecular complexity index is 958. The van der Waals surface area contributed by atoms with Crippen molar-refractivity contribution in [3.63, 3.8) is 0 Å². The molecule has 1 fully saturated rings. The Morgan fingerprint density at radius 2 is 0.362 bits per heavy atom. The molecule has 69 heavy (non-hydrogen) atoms. The molecule has 0 aromatic carbocycles. The Kier molecular flexibility index (Phi) is 50.0. The zero-order valence-corrected chi connectivity index (χ0v) is 47.1. The first kappa shape index (κ1) is 65.4. The van der Waals surface area contributed by atoms with E-state index in [9.17, 15) is 14.4 Å². The largest absolute Gasteiger partial charge is 0.356 e. The summed E-state index contributed by atoms with van der Waals surface area (Å²) in [4.78, 5) is 40.7. The smallest absolute Gasteiger partial charge is 0.223 e. The molecule has 0 saturated heterocycles. The lowest BCUT2D eigenvalue weighted by molar-refractivity contribution is -0.134. The molecule has 408 valence electrons. The van der Waals surface area contributed by atoms with Gasteiger partial charge in [-0.1, -0.05) is 310 Å². The summed E-state index contributed by atoms with van der Waals surface area (Å²) in [6.07, 6.45) is 65.9. The van der Waals surface area contributed by atoms with Gasteiger partial charge in [0.25, 0.3) is 0 Å². The molecule has 1 saturated carbocycles. The molecule has 1 rings (SSSR count). The van der Waals surface area contributed by atoms with E-state index in [4.69, 9.17) is 0 Å². The zero-order chi connectivity index (χ0) is 49.8. The average molecular weight is 971 g/mol. The molecule has 0 aliphatic heterocycles. The SMILES string of the molecule is CCCCCCCCCCCCCCCCCCNC(=O)C1CC(C(=O)NCCCCCCCCCCCCCCCCCC)CC(C(=O)NCCCCCCCCCCCCCCCCCC)C1. The van der Waals surface area contributed by atoms with Crippen LogP contribution in [0, 0.1) is 17.8 Å². The zero-order valence-electron chi connectivity index (χ0n) is 47.1. The number of nitrogens with one attached hydrogen (secondary N) is 3. The van der Waals surface area contributed by atoms with Crippen LogP contribution >= 0.6 is 0 Å². The molecule has 0 bridgehead atoms. The Labute approximate surface area is 431 Å². The van der Waals surface area contributed by atoms with Crippen LogP contribution in [0.4, 0.5) is 0 Å². The van der Waals surface area contributed by atoms with Crippen molar-refractivity contribution in [3.05, 3.63) is 0 Å². The average Bonchev–Trinajstić information content (AvgIpc) is 3.36. The molecule has 6 nitrogen and oxygen atoms in total. The number of hydrogen-bond donors (Lipinski definition) is 3. The minimum atomic E-state index is -0.280. The van der Waals surface area contributed by atoms with Gasteiger partial charge in [0.05, 0.1) is 0 Å². The molecule has 0 heterocycles. The fourth-order valence-electron chi connectivity index (χ4n) is 11.0. The molecule has 0 spiro atoms. The van der Waals surface area contributed by atoms with Crippen molar-refractivity contribution in [1.29, 1.82) is 0 Å². The Balaban J connectivity index is 2.35. The highest BCUT2D eigenvalue weighted by atomic mass is 16.2. The normalized spacial score (nSPS) is 16.0. The molecule has 0 unspecified atom stereocenters. The van der Waals surface area contributed by atoms with Crippen LogP contribution in [0.2, 0.25) is 0 Å². The van der Waals surface area contributed by atoms with Crippen LogP contribution in [0.15, 0.2) is 0 Å². The van der Waals surface area contributed by atoms with E-state index in [0.29, 0.717) is 38.9 Å². The van der Waals surface area contributed by atoms with Gasteiger partial charge in [0, 0.05) is 37.4 Å². The maximum Gasteiger partial charge on any atom is 0.223 e.